The van der Waals surface area contributed by atoms with Crippen LogP contribution in [-0.2, 0) is 16.1 Å². The minimum absolute atomic E-state index is 0.151. The monoisotopic (exact) mass is 402 g/mol. The van der Waals surface area contributed by atoms with Crippen LogP contribution in [0.5, 0.6) is 5.75 Å². The molecule has 1 atom stereocenters. The largest absolute Gasteiger partial charge is 0.483 e. The number of rotatable bonds is 8. The van der Waals surface area contributed by atoms with Gasteiger partial charge in [-0.2, -0.15) is 0 Å². The molecular weight excluding hydrogens is 376 g/mol. The zero-order chi connectivity index (χ0) is 20.7. The molecule has 0 bridgehead atoms. The summed E-state index contributed by atoms with van der Waals surface area (Å²) in [5.41, 5.74) is 2.87. The first-order chi connectivity index (χ1) is 13.4. The van der Waals surface area contributed by atoms with Gasteiger partial charge in [0.2, 0.25) is 5.91 Å². The molecule has 2 aromatic rings. The number of nitrogens with one attached hydrogen (secondary N) is 1. The van der Waals surface area contributed by atoms with Gasteiger partial charge in [-0.15, -0.1) is 0 Å². The Hall–Kier alpha value is -2.53. The van der Waals surface area contributed by atoms with Crippen molar-refractivity contribution in [3.8, 4) is 5.75 Å². The number of ether oxygens (including phenoxy) is 1. The molecule has 0 aliphatic heterocycles. The van der Waals surface area contributed by atoms with E-state index in [9.17, 15) is 9.59 Å². The summed E-state index contributed by atoms with van der Waals surface area (Å²) < 4.78 is 5.78. The first kappa shape index (κ1) is 21.8. The SMILES string of the molecule is CCC(C(=O)NC)N(Cc1ccccc1Cl)C(=O)COc1cccc(C)c1C. The zero-order valence-electron chi connectivity index (χ0n) is 16.8. The van der Waals surface area contributed by atoms with Gasteiger partial charge in [-0.05, 0) is 49.1 Å². The molecule has 2 rings (SSSR count). The average Bonchev–Trinajstić information content (AvgIpc) is 2.69. The van der Waals surface area contributed by atoms with Gasteiger partial charge < -0.3 is 15.0 Å². The van der Waals surface area contributed by atoms with E-state index in [0.29, 0.717) is 17.2 Å². The molecule has 0 spiro atoms. The van der Waals surface area contributed by atoms with E-state index in [0.717, 1.165) is 16.7 Å². The van der Waals surface area contributed by atoms with Gasteiger partial charge in [-0.25, -0.2) is 0 Å². The van der Waals surface area contributed by atoms with Crippen LogP contribution < -0.4 is 10.1 Å². The van der Waals surface area contributed by atoms with Crippen molar-refractivity contribution in [3.05, 3.63) is 64.2 Å². The van der Waals surface area contributed by atoms with Crippen LogP contribution in [0.25, 0.3) is 0 Å². The topological polar surface area (TPSA) is 58.6 Å². The molecule has 0 heterocycles. The number of hydrogen-bond acceptors (Lipinski definition) is 3. The van der Waals surface area contributed by atoms with Gasteiger partial charge in [0.05, 0.1) is 0 Å². The molecule has 0 saturated heterocycles. The van der Waals surface area contributed by atoms with Gasteiger partial charge in [0, 0.05) is 18.6 Å². The minimum atomic E-state index is -0.601. The molecule has 2 amide bonds. The summed E-state index contributed by atoms with van der Waals surface area (Å²) >= 11 is 6.28. The summed E-state index contributed by atoms with van der Waals surface area (Å²) in [5, 5.41) is 3.19. The second kappa shape index (κ2) is 10.1. The summed E-state index contributed by atoms with van der Waals surface area (Å²) in [6.45, 7) is 5.91. The molecule has 0 aliphatic rings. The van der Waals surface area contributed by atoms with Crippen molar-refractivity contribution in [2.24, 2.45) is 0 Å². The minimum Gasteiger partial charge on any atom is -0.483 e. The number of aryl methyl sites for hydroxylation is 1. The molecule has 2 aromatic carbocycles. The second-order valence-corrected chi connectivity index (χ2v) is 7.05. The van der Waals surface area contributed by atoms with Crippen molar-refractivity contribution in [1.29, 1.82) is 0 Å². The van der Waals surface area contributed by atoms with Gasteiger partial charge in [0.25, 0.3) is 5.91 Å². The molecule has 0 aromatic heterocycles. The van der Waals surface area contributed by atoms with E-state index in [2.05, 4.69) is 5.32 Å². The van der Waals surface area contributed by atoms with Crippen molar-refractivity contribution in [2.45, 2.75) is 39.8 Å². The molecule has 1 N–H and O–H groups in total. The van der Waals surface area contributed by atoms with E-state index in [1.165, 1.54) is 4.90 Å². The maximum Gasteiger partial charge on any atom is 0.261 e. The number of amides is 2. The fraction of sp³-hybridized carbons (Fsp3) is 0.364. The van der Waals surface area contributed by atoms with Crippen LogP contribution in [0, 0.1) is 13.8 Å². The molecule has 0 saturated carbocycles. The van der Waals surface area contributed by atoms with E-state index in [-0.39, 0.29) is 25.0 Å². The highest BCUT2D eigenvalue weighted by Crippen LogP contribution is 2.22. The summed E-state index contributed by atoms with van der Waals surface area (Å²) in [6.07, 6.45) is 0.485. The predicted octanol–water partition coefficient (Wildman–Crippen LogP) is 3.89. The Balaban J connectivity index is 2.24. The van der Waals surface area contributed by atoms with Gasteiger partial charge >= 0.3 is 0 Å². The lowest BCUT2D eigenvalue weighted by Crippen LogP contribution is -2.49. The van der Waals surface area contributed by atoms with Crippen molar-refractivity contribution in [2.75, 3.05) is 13.7 Å². The van der Waals surface area contributed by atoms with Crippen LogP contribution in [0.1, 0.15) is 30.0 Å². The highest BCUT2D eigenvalue weighted by Gasteiger charge is 2.28. The van der Waals surface area contributed by atoms with Crippen LogP contribution in [0.4, 0.5) is 0 Å². The third kappa shape index (κ3) is 5.26. The molecule has 0 fully saturated rings. The van der Waals surface area contributed by atoms with Gasteiger partial charge in [-0.1, -0.05) is 48.9 Å². The number of carbonyl (C=O) groups excluding carboxylic acids is 2. The fourth-order valence-electron chi connectivity index (χ4n) is 3.00. The number of hydrogen-bond donors (Lipinski definition) is 1. The van der Waals surface area contributed by atoms with Gasteiger partial charge in [0.1, 0.15) is 11.8 Å². The predicted molar refractivity (Wildman–Crippen MR) is 112 cm³/mol. The average molecular weight is 403 g/mol. The maximum atomic E-state index is 13.0. The molecule has 0 aliphatic carbocycles. The normalized spacial score (nSPS) is 11.6. The lowest BCUT2D eigenvalue weighted by atomic mass is 10.1. The molecule has 150 valence electrons. The summed E-state index contributed by atoms with van der Waals surface area (Å²) in [5.74, 6) is 0.185. The van der Waals surface area contributed by atoms with Crippen LogP contribution in [0.2, 0.25) is 5.02 Å². The molecule has 28 heavy (non-hydrogen) atoms. The number of halogens is 1. The van der Waals surface area contributed by atoms with Crippen LogP contribution in [0.15, 0.2) is 42.5 Å². The summed E-state index contributed by atoms with van der Waals surface area (Å²) in [6, 6.07) is 12.4. The van der Waals surface area contributed by atoms with Crippen LogP contribution in [-0.4, -0.2) is 36.4 Å². The van der Waals surface area contributed by atoms with Crippen molar-refractivity contribution < 1.29 is 14.3 Å². The van der Waals surface area contributed by atoms with Crippen LogP contribution in [0.3, 0.4) is 0 Å². The lowest BCUT2D eigenvalue weighted by molar-refractivity contribution is -0.142. The number of nitrogens with zero attached hydrogens (tertiary/aromatic N) is 1. The first-order valence-electron chi connectivity index (χ1n) is 9.32. The van der Waals surface area contributed by atoms with Crippen LogP contribution >= 0.6 is 11.6 Å². The standard InChI is InChI=1S/C22H27ClN2O3/c1-5-19(22(27)24-4)25(13-17-10-6-7-11-18(17)23)21(26)14-28-20-12-8-9-15(2)16(20)3/h6-12,19H,5,13-14H2,1-4H3,(H,24,27). The third-order valence-electron chi connectivity index (χ3n) is 4.84. The highest BCUT2D eigenvalue weighted by molar-refractivity contribution is 6.31. The van der Waals surface area contributed by atoms with E-state index in [1.807, 2.05) is 57.2 Å². The van der Waals surface area contributed by atoms with E-state index >= 15 is 0 Å². The Bertz CT molecular complexity index is 838. The highest BCUT2D eigenvalue weighted by atomic mass is 35.5. The number of likely N-dealkylation sites (N-methyl/N-ethyl adjacent to an activating group) is 1. The number of benzene rings is 2. The Morgan fingerprint density at radius 2 is 1.86 bits per heavy atom. The van der Waals surface area contributed by atoms with Crippen molar-refractivity contribution >= 4 is 23.4 Å². The zero-order valence-corrected chi connectivity index (χ0v) is 17.5. The third-order valence-corrected chi connectivity index (χ3v) is 5.21. The maximum absolute atomic E-state index is 13.0. The second-order valence-electron chi connectivity index (χ2n) is 6.64. The molecule has 5 nitrogen and oxygen atoms in total. The fourth-order valence-corrected chi connectivity index (χ4v) is 3.19. The Morgan fingerprint density at radius 1 is 1.14 bits per heavy atom. The Morgan fingerprint density at radius 3 is 2.50 bits per heavy atom. The smallest absolute Gasteiger partial charge is 0.261 e. The van der Waals surface area contributed by atoms with Crippen molar-refractivity contribution in [3.63, 3.8) is 0 Å². The quantitative estimate of drug-likeness (QED) is 0.728. The van der Waals surface area contributed by atoms with Crippen molar-refractivity contribution in [1.82, 2.24) is 10.2 Å². The molecule has 6 heteroatoms. The Kier molecular flexibility index (Phi) is 7.88. The molecule has 0 radical (unpaired) electrons. The summed E-state index contributed by atoms with van der Waals surface area (Å²) in [4.78, 5) is 26.9. The van der Waals surface area contributed by atoms with Gasteiger partial charge in [-0.3, -0.25) is 9.59 Å². The number of carbonyl (C=O) groups is 2. The molecular formula is C22H27ClN2O3. The first-order valence-corrected chi connectivity index (χ1v) is 9.70. The van der Waals surface area contributed by atoms with Gasteiger partial charge in [0.15, 0.2) is 6.61 Å². The summed E-state index contributed by atoms with van der Waals surface area (Å²) in [7, 11) is 1.57. The molecule has 1 unspecified atom stereocenters. The lowest BCUT2D eigenvalue weighted by Gasteiger charge is -2.30. The van der Waals surface area contributed by atoms with E-state index in [1.54, 1.807) is 13.1 Å². The van der Waals surface area contributed by atoms with E-state index < -0.39 is 6.04 Å². The van der Waals surface area contributed by atoms with E-state index in [4.69, 9.17) is 16.3 Å². The Labute approximate surface area is 171 Å².